The molecule has 0 aliphatic heterocycles. The van der Waals surface area contributed by atoms with Crippen LogP contribution in [-0.2, 0) is 4.79 Å². The minimum Gasteiger partial charge on any atom is -0.368 e. The van der Waals surface area contributed by atoms with E-state index >= 15 is 0 Å². The van der Waals surface area contributed by atoms with Crippen LogP contribution >= 0.6 is 0 Å². The molecule has 1 aliphatic rings. The Labute approximate surface area is 118 Å². The summed E-state index contributed by atoms with van der Waals surface area (Å²) in [5.74, 6) is 0.451. The van der Waals surface area contributed by atoms with Gasteiger partial charge < -0.3 is 16.0 Å². The Morgan fingerprint density at radius 1 is 1.47 bits per heavy atom. The molecule has 112 valence electrons. The molecule has 1 saturated carbocycles. The summed E-state index contributed by atoms with van der Waals surface area (Å²) in [6.07, 6.45) is 4.29. The van der Waals surface area contributed by atoms with Gasteiger partial charge in [-0.05, 0) is 46.1 Å². The van der Waals surface area contributed by atoms with Gasteiger partial charge in [0, 0.05) is 18.6 Å². The molecule has 0 heterocycles. The van der Waals surface area contributed by atoms with Gasteiger partial charge in [0.25, 0.3) is 0 Å². The first-order chi connectivity index (χ1) is 8.78. The minimum absolute atomic E-state index is 0.233. The largest absolute Gasteiger partial charge is 0.368 e. The van der Waals surface area contributed by atoms with Gasteiger partial charge in [0.05, 0.1) is 5.54 Å². The molecule has 0 aromatic heterocycles. The van der Waals surface area contributed by atoms with E-state index in [9.17, 15) is 4.79 Å². The summed E-state index contributed by atoms with van der Waals surface area (Å²) in [4.78, 5) is 14.1. The van der Waals surface area contributed by atoms with Crippen LogP contribution in [0.5, 0.6) is 0 Å². The average molecular weight is 269 g/mol. The maximum Gasteiger partial charge on any atom is 0.237 e. The molecule has 0 aromatic rings. The number of carbonyl (C=O) groups is 1. The first-order valence-corrected chi connectivity index (χ1v) is 7.56. The van der Waals surface area contributed by atoms with Crippen molar-refractivity contribution in [1.82, 2.24) is 10.2 Å². The monoisotopic (exact) mass is 269 g/mol. The molecule has 1 aliphatic carbocycles. The summed E-state index contributed by atoms with van der Waals surface area (Å²) in [6.45, 7) is 9.67. The molecule has 1 amide bonds. The van der Waals surface area contributed by atoms with Crippen molar-refractivity contribution in [3.8, 4) is 0 Å². The Hall–Kier alpha value is -0.610. The lowest BCUT2D eigenvalue weighted by atomic mass is 9.91. The van der Waals surface area contributed by atoms with Crippen molar-refractivity contribution in [2.24, 2.45) is 11.7 Å². The van der Waals surface area contributed by atoms with E-state index in [1.54, 1.807) is 0 Å². The van der Waals surface area contributed by atoms with Gasteiger partial charge in [-0.2, -0.15) is 0 Å². The summed E-state index contributed by atoms with van der Waals surface area (Å²) >= 11 is 0. The molecule has 1 rings (SSSR count). The summed E-state index contributed by atoms with van der Waals surface area (Å²) in [5, 5.41) is 3.42. The van der Waals surface area contributed by atoms with Crippen LogP contribution in [0.4, 0.5) is 0 Å². The van der Waals surface area contributed by atoms with E-state index in [-0.39, 0.29) is 5.91 Å². The number of nitrogens with zero attached hydrogens (tertiary/aromatic N) is 1. The Morgan fingerprint density at radius 2 is 2.05 bits per heavy atom. The zero-order valence-electron chi connectivity index (χ0n) is 13.2. The molecule has 0 saturated heterocycles. The molecule has 0 aromatic carbocycles. The third-order valence-electron chi connectivity index (χ3n) is 4.40. The fourth-order valence-electron chi connectivity index (χ4n) is 2.46. The van der Waals surface area contributed by atoms with Crippen molar-refractivity contribution in [2.45, 2.75) is 71.0 Å². The standard InChI is InChI=1S/C15H31N3O/c1-6-11(2)10-18(5)12(3)9-15(4,14(16)19)17-13-7-8-13/h11-13,17H,6-10H2,1-5H3,(H2,16,19). The Morgan fingerprint density at radius 3 is 2.47 bits per heavy atom. The van der Waals surface area contributed by atoms with Crippen molar-refractivity contribution in [2.75, 3.05) is 13.6 Å². The number of amides is 1. The normalized spacial score (nSPS) is 22.0. The van der Waals surface area contributed by atoms with E-state index in [0.717, 1.165) is 13.0 Å². The van der Waals surface area contributed by atoms with Gasteiger partial charge in [-0.15, -0.1) is 0 Å². The van der Waals surface area contributed by atoms with Crippen molar-refractivity contribution >= 4 is 5.91 Å². The summed E-state index contributed by atoms with van der Waals surface area (Å²) in [5.41, 5.74) is 5.02. The number of carbonyl (C=O) groups excluding carboxylic acids is 1. The number of primary amides is 1. The zero-order chi connectivity index (χ0) is 14.6. The van der Waals surface area contributed by atoms with Crippen molar-refractivity contribution in [3.63, 3.8) is 0 Å². The topological polar surface area (TPSA) is 58.4 Å². The lowest BCUT2D eigenvalue weighted by Crippen LogP contribution is -2.57. The average Bonchev–Trinajstić information content (AvgIpc) is 3.11. The Bertz CT molecular complexity index is 304. The Balaban J connectivity index is 2.54. The van der Waals surface area contributed by atoms with Gasteiger partial charge in [-0.1, -0.05) is 20.3 Å². The second-order valence-corrected chi connectivity index (χ2v) is 6.62. The van der Waals surface area contributed by atoms with Gasteiger partial charge in [0.1, 0.15) is 0 Å². The van der Waals surface area contributed by atoms with E-state index in [2.05, 4.69) is 38.0 Å². The van der Waals surface area contributed by atoms with E-state index in [4.69, 9.17) is 5.73 Å². The third-order valence-corrected chi connectivity index (χ3v) is 4.40. The van der Waals surface area contributed by atoms with E-state index in [1.807, 2.05) is 6.92 Å². The molecule has 0 spiro atoms. The van der Waals surface area contributed by atoms with Gasteiger partial charge in [0.2, 0.25) is 5.91 Å². The van der Waals surface area contributed by atoms with E-state index in [0.29, 0.717) is 18.0 Å². The highest BCUT2D eigenvalue weighted by Gasteiger charge is 2.38. The smallest absolute Gasteiger partial charge is 0.237 e. The highest BCUT2D eigenvalue weighted by atomic mass is 16.1. The van der Waals surface area contributed by atoms with Crippen LogP contribution in [0.2, 0.25) is 0 Å². The molecule has 0 radical (unpaired) electrons. The van der Waals surface area contributed by atoms with E-state index in [1.165, 1.54) is 19.3 Å². The minimum atomic E-state index is -0.579. The molecule has 3 atom stereocenters. The molecule has 4 heteroatoms. The zero-order valence-corrected chi connectivity index (χ0v) is 13.2. The summed E-state index contributed by atoms with van der Waals surface area (Å²) < 4.78 is 0. The van der Waals surface area contributed by atoms with Gasteiger partial charge in [0.15, 0.2) is 0 Å². The lowest BCUT2D eigenvalue weighted by molar-refractivity contribution is -0.124. The van der Waals surface area contributed by atoms with E-state index < -0.39 is 5.54 Å². The fourth-order valence-corrected chi connectivity index (χ4v) is 2.46. The Kier molecular flexibility index (Phi) is 5.81. The quantitative estimate of drug-likeness (QED) is 0.670. The van der Waals surface area contributed by atoms with Crippen LogP contribution in [0.15, 0.2) is 0 Å². The number of hydrogen-bond donors (Lipinski definition) is 2. The van der Waals surface area contributed by atoms with Crippen molar-refractivity contribution in [3.05, 3.63) is 0 Å². The van der Waals surface area contributed by atoms with Crippen LogP contribution in [0.3, 0.4) is 0 Å². The fraction of sp³-hybridized carbons (Fsp3) is 0.933. The lowest BCUT2D eigenvalue weighted by Gasteiger charge is -2.35. The molecule has 1 fully saturated rings. The molecular formula is C15H31N3O. The van der Waals surface area contributed by atoms with Crippen LogP contribution in [0.1, 0.15) is 53.4 Å². The predicted molar refractivity (Wildman–Crippen MR) is 79.9 cm³/mol. The van der Waals surface area contributed by atoms with Crippen LogP contribution in [-0.4, -0.2) is 42.0 Å². The number of hydrogen-bond acceptors (Lipinski definition) is 3. The first kappa shape index (κ1) is 16.4. The predicted octanol–water partition coefficient (Wildman–Crippen LogP) is 1.74. The second-order valence-electron chi connectivity index (χ2n) is 6.62. The summed E-state index contributed by atoms with van der Waals surface area (Å²) in [6, 6.07) is 0.835. The molecule has 19 heavy (non-hydrogen) atoms. The highest BCUT2D eigenvalue weighted by Crippen LogP contribution is 2.25. The molecule has 4 nitrogen and oxygen atoms in total. The molecule has 3 unspecified atom stereocenters. The maximum atomic E-state index is 11.8. The van der Waals surface area contributed by atoms with Gasteiger partial charge in [-0.3, -0.25) is 4.79 Å². The molecular weight excluding hydrogens is 238 g/mol. The molecule has 3 N–H and O–H groups in total. The van der Waals surface area contributed by atoms with Crippen molar-refractivity contribution < 1.29 is 4.79 Å². The SMILES string of the molecule is CCC(C)CN(C)C(C)CC(C)(NC1CC1)C(N)=O. The van der Waals surface area contributed by atoms with Crippen LogP contribution < -0.4 is 11.1 Å². The van der Waals surface area contributed by atoms with Gasteiger partial charge in [-0.25, -0.2) is 0 Å². The number of nitrogens with two attached hydrogens (primary N) is 1. The maximum absolute atomic E-state index is 11.8. The molecule has 0 bridgehead atoms. The third kappa shape index (κ3) is 5.11. The first-order valence-electron chi connectivity index (χ1n) is 7.56. The highest BCUT2D eigenvalue weighted by molar-refractivity contribution is 5.84. The number of rotatable bonds is 9. The second kappa shape index (κ2) is 6.71. The summed E-state index contributed by atoms with van der Waals surface area (Å²) in [7, 11) is 2.13. The number of nitrogens with one attached hydrogen (secondary N) is 1. The van der Waals surface area contributed by atoms with Crippen LogP contribution in [0, 0.1) is 5.92 Å². The van der Waals surface area contributed by atoms with Gasteiger partial charge >= 0.3 is 0 Å². The van der Waals surface area contributed by atoms with Crippen molar-refractivity contribution in [1.29, 1.82) is 0 Å². The van der Waals surface area contributed by atoms with Crippen LogP contribution in [0.25, 0.3) is 0 Å².